The minimum absolute atomic E-state index is 0.182. The molecular weight excluding hydrogens is 515 g/mol. The van der Waals surface area contributed by atoms with E-state index < -0.39 is 59.6 Å². The van der Waals surface area contributed by atoms with Crippen LogP contribution in [0.2, 0.25) is 0 Å². The Bertz CT molecular complexity index is 1310. The van der Waals surface area contributed by atoms with Crippen molar-refractivity contribution in [2.75, 3.05) is 18.5 Å². The second kappa shape index (κ2) is 11.8. The molecule has 3 amide bonds. The van der Waals surface area contributed by atoms with E-state index in [9.17, 15) is 32.3 Å². The second-order valence-corrected chi connectivity index (χ2v) is 8.84. The average molecular weight is 540 g/mol. The Kier molecular flexibility index (Phi) is 8.28. The lowest BCUT2D eigenvalue weighted by Crippen LogP contribution is -2.45. The Morgan fingerprint density at radius 1 is 0.897 bits per heavy atom. The van der Waals surface area contributed by atoms with Crippen molar-refractivity contribution in [3.63, 3.8) is 0 Å². The highest BCUT2D eigenvalue weighted by molar-refractivity contribution is 5.95. The number of halogens is 3. The molecule has 4 rings (SSSR count). The summed E-state index contributed by atoms with van der Waals surface area (Å²) in [7, 11) is 0. The molecule has 1 aliphatic heterocycles. The van der Waals surface area contributed by atoms with E-state index in [-0.39, 0.29) is 13.0 Å². The minimum Gasteiger partial charge on any atom is -0.455 e. The summed E-state index contributed by atoms with van der Waals surface area (Å²) in [5, 5.41) is 3.11. The summed E-state index contributed by atoms with van der Waals surface area (Å²) in [5.74, 6) is -4.54. The van der Waals surface area contributed by atoms with Crippen molar-refractivity contribution in [1.29, 1.82) is 0 Å². The van der Waals surface area contributed by atoms with E-state index in [1.54, 1.807) is 48.5 Å². The topological polar surface area (TPSA) is 105 Å². The highest BCUT2D eigenvalue weighted by Crippen LogP contribution is 2.34. The molecule has 11 heteroatoms. The van der Waals surface area contributed by atoms with Gasteiger partial charge in [0.2, 0.25) is 5.91 Å². The van der Waals surface area contributed by atoms with Crippen LogP contribution >= 0.6 is 0 Å². The van der Waals surface area contributed by atoms with E-state index in [1.807, 2.05) is 12.1 Å². The van der Waals surface area contributed by atoms with Gasteiger partial charge in [-0.15, -0.1) is 0 Å². The first-order chi connectivity index (χ1) is 18.6. The Hall–Kier alpha value is -4.67. The number of carbonyl (C=O) groups is 4. The first-order valence-corrected chi connectivity index (χ1v) is 12.0. The second-order valence-electron chi connectivity index (χ2n) is 8.84. The van der Waals surface area contributed by atoms with Gasteiger partial charge in [-0.1, -0.05) is 72.8 Å². The molecule has 8 nitrogen and oxygen atoms in total. The van der Waals surface area contributed by atoms with Crippen molar-refractivity contribution in [2.24, 2.45) is 5.92 Å². The molecule has 2 N–H and O–H groups in total. The van der Waals surface area contributed by atoms with Gasteiger partial charge in [-0.25, -0.2) is 0 Å². The fraction of sp³-hybridized carbons (Fsp3) is 0.214. The summed E-state index contributed by atoms with van der Waals surface area (Å²) in [5.41, 5.74) is 2.49. The number of esters is 1. The zero-order valence-electron chi connectivity index (χ0n) is 20.5. The maximum absolute atomic E-state index is 13.3. The Morgan fingerprint density at radius 3 is 2.05 bits per heavy atom. The van der Waals surface area contributed by atoms with Gasteiger partial charge in [-0.3, -0.25) is 29.6 Å². The Morgan fingerprint density at radius 2 is 1.46 bits per heavy atom. The van der Waals surface area contributed by atoms with Crippen LogP contribution in [0.15, 0.2) is 84.9 Å². The molecule has 0 saturated carbocycles. The first-order valence-electron chi connectivity index (χ1n) is 12.0. The third kappa shape index (κ3) is 6.81. The van der Waals surface area contributed by atoms with Crippen LogP contribution in [0.5, 0.6) is 0 Å². The number of hydrogen-bond acceptors (Lipinski definition) is 5. The number of hydrazine groups is 1. The van der Waals surface area contributed by atoms with Crippen molar-refractivity contribution in [3.05, 3.63) is 102 Å². The standard InChI is InChI=1S/C28H24F3N3O5/c29-28(30,31)21-13-7-8-14-22(21)32-23(35)17-39-27(38)20-15-24(36)34(16-20)33-26(37)25(18-9-3-1-4-10-18)19-11-5-2-6-12-19/h1-14,20,25H,15-17H2,(H,32,35)(H,33,37)/t20-/m1/s1. The highest BCUT2D eigenvalue weighted by atomic mass is 19.4. The summed E-state index contributed by atoms with van der Waals surface area (Å²) >= 11 is 0. The molecule has 0 radical (unpaired) electrons. The first kappa shape index (κ1) is 27.4. The number of benzene rings is 3. The molecule has 0 spiro atoms. The van der Waals surface area contributed by atoms with E-state index >= 15 is 0 Å². The highest BCUT2D eigenvalue weighted by Gasteiger charge is 2.38. The van der Waals surface area contributed by atoms with E-state index in [2.05, 4.69) is 10.7 Å². The number of nitrogens with zero attached hydrogens (tertiary/aromatic N) is 1. The summed E-state index contributed by atoms with van der Waals surface area (Å²) in [6, 6.07) is 22.4. The van der Waals surface area contributed by atoms with Gasteiger partial charge in [0.05, 0.1) is 29.6 Å². The van der Waals surface area contributed by atoms with E-state index in [0.29, 0.717) is 11.1 Å². The average Bonchev–Trinajstić information content (AvgIpc) is 3.28. The van der Waals surface area contributed by atoms with Crippen molar-refractivity contribution in [2.45, 2.75) is 18.5 Å². The fourth-order valence-electron chi connectivity index (χ4n) is 4.24. The molecule has 1 aliphatic rings. The molecule has 0 bridgehead atoms. The van der Waals surface area contributed by atoms with Gasteiger partial charge < -0.3 is 10.1 Å². The van der Waals surface area contributed by atoms with E-state index in [4.69, 9.17) is 4.74 Å². The van der Waals surface area contributed by atoms with Crippen LogP contribution < -0.4 is 10.7 Å². The quantitative estimate of drug-likeness (QED) is 0.423. The summed E-state index contributed by atoms with van der Waals surface area (Å²) < 4.78 is 44.3. The molecule has 3 aromatic carbocycles. The lowest BCUT2D eigenvalue weighted by Gasteiger charge is -2.23. The monoisotopic (exact) mass is 539 g/mol. The van der Waals surface area contributed by atoms with Gasteiger partial charge in [0.25, 0.3) is 11.8 Å². The van der Waals surface area contributed by atoms with Crippen LogP contribution in [0.3, 0.4) is 0 Å². The number of hydrogen-bond donors (Lipinski definition) is 2. The van der Waals surface area contributed by atoms with Gasteiger partial charge in [0.15, 0.2) is 6.61 Å². The number of anilines is 1. The zero-order valence-corrected chi connectivity index (χ0v) is 20.5. The van der Waals surface area contributed by atoms with Crippen molar-refractivity contribution < 1.29 is 37.1 Å². The summed E-state index contributed by atoms with van der Waals surface area (Å²) in [4.78, 5) is 50.5. The molecule has 1 saturated heterocycles. The lowest BCUT2D eigenvalue weighted by atomic mass is 9.91. The Labute approximate surface area is 221 Å². The van der Waals surface area contributed by atoms with Crippen LogP contribution in [-0.2, 0) is 30.1 Å². The van der Waals surface area contributed by atoms with Crippen LogP contribution in [-0.4, -0.2) is 41.9 Å². The van der Waals surface area contributed by atoms with Crippen LogP contribution in [0.1, 0.15) is 29.0 Å². The fourth-order valence-corrected chi connectivity index (χ4v) is 4.24. The van der Waals surface area contributed by atoms with Gasteiger partial charge in [-0.2, -0.15) is 13.2 Å². The van der Waals surface area contributed by atoms with Crippen LogP contribution in [0, 0.1) is 5.92 Å². The molecule has 1 atom stereocenters. The van der Waals surface area contributed by atoms with E-state index in [1.165, 1.54) is 12.1 Å². The maximum Gasteiger partial charge on any atom is 0.418 e. The van der Waals surface area contributed by atoms with Gasteiger partial charge in [0, 0.05) is 6.42 Å². The van der Waals surface area contributed by atoms with Gasteiger partial charge >= 0.3 is 12.1 Å². The van der Waals surface area contributed by atoms with Crippen molar-refractivity contribution in [3.8, 4) is 0 Å². The number of ether oxygens (including phenoxy) is 1. The lowest BCUT2D eigenvalue weighted by molar-refractivity contribution is -0.151. The minimum atomic E-state index is -4.68. The maximum atomic E-state index is 13.3. The molecule has 1 fully saturated rings. The number of alkyl halides is 3. The predicted molar refractivity (Wildman–Crippen MR) is 134 cm³/mol. The predicted octanol–water partition coefficient (Wildman–Crippen LogP) is 3.90. The smallest absolute Gasteiger partial charge is 0.418 e. The number of carbonyl (C=O) groups excluding carboxylic acids is 4. The third-order valence-corrected chi connectivity index (χ3v) is 6.08. The molecule has 202 valence electrons. The molecule has 0 aliphatic carbocycles. The van der Waals surface area contributed by atoms with E-state index in [0.717, 1.165) is 17.1 Å². The van der Waals surface area contributed by atoms with Crippen molar-refractivity contribution in [1.82, 2.24) is 10.4 Å². The normalized spacial score (nSPS) is 15.2. The van der Waals surface area contributed by atoms with Crippen LogP contribution in [0.25, 0.3) is 0 Å². The molecule has 39 heavy (non-hydrogen) atoms. The molecule has 3 aromatic rings. The van der Waals surface area contributed by atoms with Gasteiger partial charge in [-0.05, 0) is 23.3 Å². The molecular formula is C28H24F3N3O5. The number of para-hydroxylation sites is 1. The number of nitrogens with one attached hydrogen (secondary N) is 2. The third-order valence-electron chi connectivity index (χ3n) is 6.08. The summed E-state index contributed by atoms with van der Waals surface area (Å²) in [6.45, 7) is -1.02. The zero-order chi connectivity index (χ0) is 28.0. The molecule has 0 aromatic heterocycles. The molecule has 0 unspecified atom stereocenters. The van der Waals surface area contributed by atoms with Crippen LogP contribution in [0.4, 0.5) is 18.9 Å². The number of rotatable bonds is 8. The molecule has 1 heterocycles. The SMILES string of the molecule is O=C(COC(=O)[C@@H]1CC(=O)N(NC(=O)C(c2ccccc2)c2ccccc2)C1)Nc1ccccc1C(F)(F)F. The van der Waals surface area contributed by atoms with Crippen molar-refractivity contribution >= 4 is 29.4 Å². The Balaban J connectivity index is 1.35. The number of amides is 3. The summed E-state index contributed by atoms with van der Waals surface area (Å²) in [6.07, 6.45) is -4.95. The largest absolute Gasteiger partial charge is 0.455 e. The van der Waals surface area contributed by atoms with Gasteiger partial charge in [0.1, 0.15) is 0 Å².